The molecule has 1 heterocycles. The summed E-state index contributed by atoms with van der Waals surface area (Å²) in [5, 5.41) is 9.22. The molecule has 0 aromatic heterocycles. The minimum atomic E-state index is -0.563. The minimum absolute atomic E-state index is 0.271. The van der Waals surface area contributed by atoms with E-state index in [0.717, 1.165) is 38.8 Å². The summed E-state index contributed by atoms with van der Waals surface area (Å²) >= 11 is 0. The Labute approximate surface area is 97.8 Å². The third-order valence-electron chi connectivity index (χ3n) is 5.21. The molecule has 2 aliphatic rings. The van der Waals surface area contributed by atoms with Gasteiger partial charge in [-0.3, -0.25) is 9.69 Å². The lowest BCUT2D eigenvalue weighted by atomic mass is 9.87. The Morgan fingerprint density at radius 3 is 2.56 bits per heavy atom. The standard InChI is InChI=1S/C13H23NO2/c1-4-12(3,5-2)14-7-6-13(11(15)16)8-10(13)9-14/h10H,4-9H2,1-3H3,(H,15,16)/t10-,13+/m0/s1. The molecule has 3 nitrogen and oxygen atoms in total. The summed E-state index contributed by atoms with van der Waals surface area (Å²) in [6.07, 6.45) is 4.05. The van der Waals surface area contributed by atoms with Gasteiger partial charge in [0.2, 0.25) is 0 Å². The molecule has 0 radical (unpaired) electrons. The number of carboxylic acids is 1. The van der Waals surface area contributed by atoms with Crippen LogP contribution in [0, 0.1) is 11.3 Å². The van der Waals surface area contributed by atoms with Crippen molar-refractivity contribution < 1.29 is 9.90 Å². The van der Waals surface area contributed by atoms with Gasteiger partial charge in [0.15, 0.2) is 0 Å². The first kappa shape index (κ1) is 11.9. The van der Waals surface area contributed by atoms with Gasteiger partial charge in [-0.05, 0) is 45.1 Å². The van der Waals surface area contributed by atoms with Crippen LogP contribution in [0.2, 0.25) is 0 Å². The van der Waals surface area contributed by atoms with E-state index >= 15 is 0 Å². The number of rotatable bonds is 4. The summed E-state index contributed by atoms with van der Waals surface area (Å²) in [4.78, 5) is 13.7. The van der Waals surface area contributed by atoms with Gasteiger partial charge >= 0.3 is 5.97 Å². The number of nitrogens with zero attached hydrogens (tertiary/aromatic N) is 1. The van der Waals surface area contributed by atoms with Gasteiger partial charge in [-0.25, -0.2) is 0 Å². The number of fused-ring (bicyclic) bond motifs is 1. The molecule has 0 aromatic carbocycles. The maximum absolute atomic E-state index is 11.2. The van der Waals surface area contributed by atoms with Gasteiger partial charge < -0.3 is 5.11 Å². The van der Waals surface area contributed by atoms with Crippen molar-refractivity contribution in [2.24, 2.45) is 11.3 Å². The van der Waals surface area contributed by atoms with Crippen molar-refractivity contribution in [3.63, 3.8) is 0 Å². The van der Waals surface area contributed by atoms with Gasteiger partial charge in [-0.2, -0.15) is 0 Å². The van der Waals surface area contributed by atoms with E-state index in [9.17, 15) is 9.90 Å². The van der Waals surface area contributed by atoms with Gasteiger partial charge in [-0.1, -0.05) is 13.8 Å². The van der Waals surface area contributed by atoms with E-state index in [1.165, 1.54) is 0 Å². The summed E-state index contributed by atoms with van der Waals surface area (Å²) in [5.74, 6) is -0.150. The van der Waals surface area contributed by atoms with Crippen LogP contribution >= 0.6 is 0 Å². The van der Waals surface area contributed by atoms with Crippen LogP contribution in [0.25, 0.3) is 0 Å². The van der Waals surface area contributed by atoms with Gasteiger partial charge in [0, 0.05) is 12.1 Å². The molecule has 3 heteroatoms. The molecule has 1 saturated heterocycles. The fourth-order valence-corrected chi connectivity index (χ4v) is 3.17. The average Bonchev–Trinajstić information content (AvgIpc) is 3.02. The predicted molar refractivity (Wildman–Crippen MR) is 63.4 cm³/mol. The van der Waals surface area contributed by atoms with Crippen LogP contribution in [-0.2, 0) is 4.79 Å². The summed E-state index contributed by atoms with van der Waals surface area (Å²) in [7, 11) is 0. The molecule has 2 rings (SSSR count). The fourth-order valence-electron chi connectivity index (χ4n) is 3.17. The van der Waals surface area contributed by atoms with E-state index in [1.54, 1.807) is 0 Å². The van der Waals surface area contributed by atoms with Crippen LogP contribution < -0.4 is 0 Å². The summed E-state index contributed by atoms with van der Waals surface area (Å²) in [5.41, 5.74) is -0.0633. The first-order chi connectivity index (χ1) is 7.48. The number of piperidine rings is 1. The number of carbonyl (C=O) groups is 1. The molecule has 0 spiro atoms. The molecule has 0 bridgehead atoms. The lowest BCUT2D eigenvalue weighted by Crippen LogP contribution is -2.50. The number of hydrogen-bond donors (Lipinski definition) is 1. The third-order valence-corrected chi connectivity index (χ3v) is 5.21. The van der Waals surface area contributed by atoms with E-state index in [-0.39, 0.29) is 11.0 Å². The minimum Gasteiger partial charge on any atom is -0.481 e. The molecule has 92 valence electrons. The van der Waals surface area contributed by atoms with Crippen molar-refractivity contribution in [3.05, 3.63) is 0 Å². The summed E-state index contributed by atoms with van der Waals surface area (Å²) in [6, 6.07) is 0. The van der Waals surface area contributed by atoms with Crippen LogP contribution in [0.5, 0.6) is 0 Å². The number of likely N-dealkylation sites (tertiary alicyclic amines) is 1. The summed E-state index contributed by atoms with van der Waals surface area (Å²) < 4.78 is 0. The van der Waals surface area contributed by atoms with Crippen LogP contribution in [0.3, 0.4) is 0 Å². The second-order valence-electron chi connectivity index (χ2n) is 5.76. The zero-order valence-corrected chi connectivity index (χ0v) is 10.6. The van der Waals surface area contributed by atoms with Crippen molar-refractivity contribution in [1.29, 1.82) is 0 Å². The van der Waals surface area contributed by atoms with Crippen molar-refractivity contribution in [1.82, 2.24) is 4.90 Å². The first-order valence-electron chi connectivity index (χ1n) is 6.47. The zero-order chi connectivity index (χ0) is 12.0. The van der Waals surface area contributed by atoms with Gasteiger partial charge in [0.1, 0.15) is 0 Å². The third kappa shape index (κ3) is 1.56. The monoisotopic (exact) mass is 225 g/mol. The molecule has 0 unspecified atom stereocenters. The second kappa shape index (κ2) is 3.73. The fraction of sp³-hybridized carbons (Fsp3) is 0.923. The SMILES string of the molecule is CCC(C)(CC)N1CC[C@@]2(C(=O)O)C[C@H]2C1. The highest BCUT2D eigenvalue weighted by molar-refractivity contribution is 5.79. The molecular weight excluding hydrogens is 202 g/mol. The highest BCUT2D eigenvalue weighted by Gasteiger charge is 2.63. The Morgan fingerprint density at radius 1 is 1.50 bits per heavy atom. The van der Waals surface area contributed by atoms with Crippen molar-refractivity contribution in [2.45, 2.75) is 52.0 Å². The van der Waals surface area contributed by atoms with E-state index in [4.69, 9.17) is 0 Å². The summed E-state index contributed by atoms with van der Waals surface area (Å²) in [6.45, 7) is 8.72. The quantitative estimate of drug-likeness (QED) is 0.798. The first-order valence-corrected chi connectivity index (χ1v) is 6.47. The Kier molecular flexibility index (Phi) is 2.77. The predicted octanol–water partition coefficient (Wildman–Crippen LogP) is 2.36. The van der Waals surface area contributed by atoms with Crippen LogP contribution in [0.15, 0.2) is 0 Å². The Balaban J connectivity index is 2.03. The molecular formula is C13H23NO2. The van der Waals surface area contributed by atoms with Crippen molar-refractivity contribution in [2.75, 3.05) is 13.1 Å². The van der Waals surface area contributed by atoms with E-state index in [1.807, 2.05) is 0 Å². The highest BCUT2D eigenvalue weighted by atomic mass is 16.4. The van der Waals surface area contributed by atoms with Crippen LogP contribution in [0.1, 0.15) is 46.5 Å². The van der Waals surface area contributed by atoms with Gasteiger partial charge in [0.05, 0.1) is 5.41 Å². The van der Waals surface area contributed by atoms with Crippen LogP contribution in [-0.4, -0.2) is 34.6 Å². The highest BCUT2D eigenvalue weighted by Crippen LogP contribution is 2.58. The molecule has 1 saturated carbocycles. The average molecular weight is 225 g/mol. The second-order valence-corrected chi connectivity index (χ2v) is 5.76. The van der Waals surface area contributed by atoms with E-state index in [0.29, 0.717) is 5.92 Å². The number of hydrogen-bond acceptors (Lipinski definition) is 2. The van der Waals surface area contributed by atoms with Crippen LogP contribution in [0.4, 0.5) is 0 Å². The number of aliphatic carboxylic acids is 1. The lowest BCUT2D eigenvalue weighted by Gasteiger charge is -2.43. The van der Waals surface area contributed by atoms with Gasteiger partial charge in [-0.15, -0.1) is 0 Å². The number of carboxylic acid groups (broad SMARTS) is 1. The molecule has 0 aromatic rings. The maximum atomic E-state index is 11.2. The smallest absolute Gasteiger partial charge is 0.310 e. The Bertz CT molecular complexity index is 298. The topological polar surface area (TPSA) is 40.5 Å². The molecule has 16 heavy (non-hydrogen) atoms. The lowest BCUT2D eigenvalue weighted by molar-refractivity contribution is -0.146. The molecule has 1 N–H and O–H groups in total. The molecule has 2 atom stereocenters. The largest absolute Gasteiger partial charge is 0.481 e. The molecule has 2 fully saturated rings. The van der Waals surface area contributed by atoms with E-state index < -0.39 is 5.97 Å². The van der Waals surface area contributed by atoms with E-state index in [2.05, 4.69) is 25.7 Å². The molecule has 1 aliphatic heterocycles. The van der Waals surface area contributed by atoms with Gasteiger partial charge in [0.25, 0.3) is 0 Å². The normalized spacial score (nSPS) is 34.6. The van der Waals surface area contributed by atoms with Crippen molar-refractivity contribution >= 4 is 5.97 Å². The molecule has 1 aliphatic carbocycles. The zero-order valence-electron chi connectivity index (χ0n) is 10.6. The van der Waals surface area contributed by atoms with Crippen molar-refractivity contribution in [3.8, 4) is 0 Å². The Hall–Kier alpha value is -0.570. The molecule has 0 amide bonds. The maximum Gasteiger partial charge on any atom is 0.310 e. The Morgan fingerprint density at radius 2 is 2.12 bits per heavy atom.